The third-order valence-corrected chi connectivity index (χ3v) is 8.30. The van der Waals surface area contributed by atoms with Crippen LogP contribution in [0.4, 0.5) is 0 Å². The zero-order valence-electron chi connectivity index (χ0n) is 19.6. The van der Waals surface area contributed by atoms with E-state index in [1.807, 2.05) is 13.0 Å². The van der Waals surface area contributed by atoms with Crippen molar-refractivity contribution in [3.63, 3.8) is 0 Å². The fourth-order valence-corrected chi connectivity index (χ4v) is 6.23. The Morgan fingerprint density at radius 1 is 1.00 bits per heavy atom. The van der Waals surface area contributed by atoms with E-state index in [9.17, 15) is 13.2 Å². The van der Waals surface area contributed by atoms with Gasteiger partial charge in [0.25, 0.3) is 5.91 Å². The number of sulfonamides is 1. The molecule has 1 aliphatic heterocycles. The number of hydrogen-bond acceptors (Lipinski definition) is 4. The largest absolute Gasteiger partial charge is 0.496 e. The molecule has 6 nitrogen and oxygen atoms in total. The Morgan fingerprint density at radius 2 is 1.73 bits per heavy atom. The Bertz CT molecular complexity index is 1110. The molecule has 2 aromatic carbocycles. The number of benzene rings is 2. The van der Waals surface area contributed by atoms with Crippen LogP contribution in [0.2, 0.25) is 0 Å². The van der Waals surface area contributed by atoms with Gasteiger partial charge in [-0.1, -0.05) is 25.1 Å². The molecular formula is C26H34N2O4S. The number of rotatable bonds is 7. The van der Waals surface area contributed by atoms with Gasteiger partial charge in [-0.3, -0.25) is 4.79 Å². The Labute approximate surface area is 197 Å². The zero-order chi connectivity index (χ0) is 23.4. The first kappa shape index (κ1) is 23.8. The van der Waals surface area contributed by atoms with Crippen LogP contribution in [0.25, 0.3) is 0 Å². The van der Waals surface area contributed by atoms with E-state index in [1.165, 1.54) is 43.2 Å². The Kier molecular flexibility index (Phi) is 7.39. The number of aryl methyl sites for hydroxylation is 2. The molecule has 1 N–H and O–H groups in total. The minimum atomic E-state index is -3.83. The molecule has 4 rings (SSSR count). The van der Waals surface area contributed by atoms with Crippen LogP contribution >= 0.6 is 0 Å². The van der Waals surface area contributed by atoms with Crippen LogP contribution in [-0.2, 0) is 22.9 Å². The van der Waals surface area contributed by atoms with Gasteiger partial charge in [-0.05, 0) is 86.3 Å². The summed E-state index contributed by atoms with van der Waals surface area (Å²) in [5, 5.41) is 0. The van der Waals surface area contributed by atoms with Crippen molar-refractivity contribution in [2.24, 2.45) is 0 Å². The summed E-state index contributed by atoms with van der Waals surface area (Å²) < 4.78 is 34.9. The van der Waals surface area contributed by atoms with Crippen molar-refractivity contribution in [1.29, 1.82) is 0 Å². The second-order valence-corrected chi connectivity index (χ2v) is 10.7. The van der Waals surface area contributed by atoms with E-state index in [0.717, 1.165) is 37.7 Å². The third-order valence-electron chi connectivity index (χ3n) is 6.84. The van der Waals surface area contributed by atoms with Crippen LogP contribution in [-0.4, -0.2) is 39.4 Å². The SMILES string of the molecule is CCC(NS(=O)(=O)c1ccc(OC)c(C(=O)N2CCCCC2)c1)c1ccc2c(c1)CCCC2. The molecule has 0 spiro atoms. The maximum Gasteiger partial charge on any atom is 0.257 e. The van der Waals surface area contributed by atoms with Crippen molar-refractivity contribution >= 4 is 15.9 Å². The summed E-state index contributed by atoms with van der Waals surface area (Å²) in [6.07, 6.45) is 8.21. The minimum absolute atomic E-state index is 0.0834. The second-order valence-electron chi connectivity index (χ2n) is 9.03. The molecule has 1 amide bonds. The molecule has 1 heterocycles. The number of amides is 1. The maximum atomic E-state index is 13.3. The number of piperidine rings is 1. The number of hydrogen-bond donors (Lipinski definition) is 1. The van der Waals surface area contributed by atoms with E-state index in [-0.39, 0.29) is 16.8 Å². The first-order valence-corrected chi connectivity index (χ1v) is 13.5. The average molecular weight is 471 g/mol. The van der Waals surface area contributed by atoms with Gasteiger partial charge in [0.15, 0.2) is 0 Å². The molecule has 33 heavy (non-hydrogen) atoms. The van der Waals surface area contributed by atoms with E-state index in [0.29, 0.717) is 30.8 Å². The summed E-state index contributed by atoms with van der Waals surface area (Å²) in [5.41, 5.74) is 3.98. The standard InChI is InChI=1S/C26H34N2O4S/c1-3-24(21-12-11-19-9-5-6-10-20(19)17-21)27-33(30,31)22-13-14-25(32-2)23(18-22)26(29)28-15-7-4-8-16-28/h11-14,17-18,24,27H,3-10,15-16H2,1-2H3. The van der Waals surface area contributed by atoms with Crippen molar-refractivity contribution in [3.8, 4) is 5.75 Å². The van der Waals surface area contributed by atoms with Gasteiger partial charge in [0.2, 0.25) is 10.0 Å². The van der Waals surface area contributed by atoms with Crippen LogP contribution < -0.4 is 9.46 Å². The van der Waals surface area contributed by atoms with Gasteiger partial charge in [0, 0.05) is 19.1 Å². The Morgan fingerprint density at radius 3 is 2.42 bits per heavy atom. The molecule has 1 fully saturated rings. The van der Waals surface area contributed by atoms with Gasteiger partial charge in [-0.2, -0.15) is 0 Å². The number of ether oxygens (including phenoxy) is 1. The number of methoxy groups -OCH3 is 1. The topological polar surface area (TPSA) is 75.7 Å². The fraction of sp³-hybridized carbons (Fsp3) is 0.500. The highest BCUT2D eigenvalue weighted by Crippen LogP contribution is 2.29. The van der Waals surface area contributed by atoms with Gasteiger partial charge < -0.3 is 9.64 Å². The molecule has 0 radical (unpaired) electrons. The minimum Gasteiger partial charge on any atom is -0.496 e. The molecule has 2 aliphatic rings. The lowest BCUT2D eigenvalue weighted by atomic mass is 9.89. The van der Waals surface area contributed by atoms with Gasteiger partial charge in [-0.15, -0.1) is 0 Å². The van der Waals surface area contributed by atoms with E-state index in [1.54, 1.807) is 11.0 Å². The Balaban J connectivity index is 1.60. The van der Waals surface area contributed by atoms with Gasteiger partial charge in [0.05, 0.1) is 17.6 Å². The van der Waals surface area contributed by atoms with E-state index >= 15 is 0 Å². The summed E-state index contributed by atoms with van der Waals surface area (Å²) >= 11 is 0. The lowest BCUT2D eigenvalue weighted by Crippen LogP contribution is -2.36. The van der Waals surface area contributed by atoms with Crippen molar-refractivity contribution in [1.82, 2.24) is 9.62 Å². The number of fused-ring (bicyclic) bond motifs is 1. The highest BCUT2D eigenvalue weighted by atomic mass is 32.2. The van der Waals surface area contributed by atoms with E-state index in [2.05, 4.69) is 16.9 Å². The highest BCUT2D eigenvalue weighted by Gasteiger charge is 2.26. The molecule has 2 aromatic rings. The van der Waals surface area contributed by atoms with Crippen molar-refractivity contribution in [3.05, 3.63) is 58.7 Å². The molecule has 0 aromatic heterocycles. The van der Waals surface area contributed by atoms with Crippen LogP contribution in [0.3, 0.4) is 0 Å². The van der Waals surface area contributed by atoms with Crippen LogP contribution in [0, 0.1) is 0 Å². The van der Waals surface area contributed by atoms with Crippen molar-refractivity contribution < 1.29 is 17.9 Å². The van der Waals surface area contributed by atoms with Gasteiger partial charge >= 0.3 is 0 Å². The first-order valence-electron chi connectivity index (χ1n) is 12.0. The summed E-state index contributed by atoms with van der Waals surface area (Å²) in [7, 11) is -2.33. The predicted molar refractivity (Wildman–Crippen MR) is 129 cm³/mol. The van der Waals surface area contributed by atoms with Gasteiger partial charge in [0.1, 0.15) is 5.75 Å². The number of carbonyl (C=O) groups is 1. The van der Waals surface area contributed by atoms with E-state index < -0.39 is 10.0 Å². The van der Waals surface area contributed by atoms with Crippen LogP contribution in [0.5, 0.6) is 5.75 Å². The van der Waals surface area contributed by atoms with Crippen LogP contribution in [0.15, 0.2) is 41.3 Å². The smallest absolute Gasteiger partial charge is 0.257 e. The van der Waals surface area contributed by atoms with Crippen molar-refractivity contribution in [2.45, 2.75) is 69.2 Å². The molecule has 1 unspecified atom stereocenters. The number of likely N-dealkylation sites (tertiary alicyclic amines) is 1. The zero-order valence-corrected chi connectivity index (χ0v) is 20.4. The number of nitrogens with zero attached hydrogens (tertiary/aromatic N) is 1. The molecule has 1 atom stereocenters. The summed E-state index contributed by atoms with van der Waals surface area (Å²) in [5.74, 6) is 0.219. The monoisotopic (exact) mass is 470 g/mol. The normalized spacial score (nSPS) is 17.3. The number of carbonyl (C=O) groups excluding carboxylic acids is 1. The quantitative estimate of drug-likeness (QED) is 0.640. The molecule has 1 aliphatic carbocycles. The number of nitrogens with one attached hydrogen (secondary N) is 1. The molecule has 1 saturated heterocycles. The third kappa shape index (κ3) is 5.25. The van der Waals surface area contributed by atoms with E-state index in [4.69, 9.17) is 4.74 Å². The summed E-state index contributed by atoms with van der Waals surface area (Å²) in [4.78, 5) is 15.0. The fourth-order valence-electron chi connectivity index (χ4n) is 4.90. The summed E-state index contributed by atoms with van der Waals surface area (Å²) in [6, 6.07) is 10.6. The second kappa shape index (κ2) is 10.3. The lowest BCUT2D eigenvalue weighted by molar-refractivity contribution is 0.0720. The average Bonchev–Trinajstić information content (AvgIpc) is 2.86. The molecular weight excluding hydrogens is 436 g/mol. The van der Waals surface area contributed by atoms with Gasteiger partial charge in [-0.25, -0.2) is 13.1 Å². The molecule has 7 heteroatoms. The molecule has 178 valence electrons. The highest BCUT2D eigenvalue weighted by molar-refractivity contribution is 7.89. The molecule has 0 saturated carbocycles. The Hall–Kier alpha value is -2.38. The van der Waals surface area contributed by atoms with Crippen molar-refractivity contribution in [2.75, 3.05) is 20.2 Å². The molecule has 0 bridgehead atoms. The van der Waals surface area contributed by atoms with Crippen LogP contribution in [0.1, 0.15) is 78.5 Å². The predicted octanol–water partition coefficient (Wildman–Crippen LogP) is 4.63. The first-order chi connectivity index (χ1) is 15.9. The summed E-state index contributed by atoms with van der Waals surface area (Å²) in [6.45, 7) is 3.35. The maximum absolute atomic E-state index is 13.3. The lowest BCUT2D eigenvalue weighted by Gasteiger charge is -2.27.